The molecule has 2 heteroatoms. The quantitative estimate of drug-likeness (QED) is 0.707. The molecule has 0 spiro atoms. The highest BCUT2D eigenvalue weighted by molar-refractivity contribution is 5.84. The number of H-pyrrole nitrogens is 1. The van der Waals surface area contributed by atoms with E-state index in [1.165, 1.54) is 22.0 Å². The van der Waals surface area contributed by atoms with Crippen LogP contribution in [0.15, 0.2) is 12.1 Å². The van der Waals surface area contributed by atoms with Crippen LogP contribution in [0.25, 0.3) is 10.9 Å². The fraction of sp³-hybridized carbons (Fsp3) is 0.364. The number of aromatic nitrogens is 2. The first kappa shape index (κ1) is 8.30. The van der Waals surface area contributed by atoms with E-state index in [9.17, 15) is 0 Å². The van der Waals surface area contributed by atoms with Crippen molar-refractivity contribution in [2.45, 2.75) is 27.2 Å². The van der Waals surface area contributed by atoms with Gasteiger partial charge in [0.25, 0.3) is 0 Å². The molecule has 0 saturated heterocycles. The van der Waals surface area contributed by atoms with Gasteiger partial charge in [0.1, 0.15) is 0 Å². The Kier molecular flexibility index (Phi) is 1.83. The molecule has 1 heterocycles. The Morgan fingerprint density at radius 2 is 2.08 bits per heavy atom. The topological polar surface area (TPSA) is 28.7 Å². The van der Waals surface area contributed by atoms with Gasteiger partial charge in [-0.1, -0.05) is 13.0 Å². The van der Waals surface area contributed by atoms with Gasteiger partial charge in [-0.2, -0.15) is 5.10 Å². The summed E-state index contributed by atoms with van der Waals surface area (Å²) in [5, 5.41) is 8.53. The molecule has 1 aromatic heterocycles. The van der Waals surface area contributed by atoms with Crippen LogP contribution in [0.3, 0.4) is 0 Å². The predicted molar refractivity (Wildman–Crippen MR) is 54.9 cm³/mol. The molecule has 0 bridgehead atoms. The molecule has 0 aliphatic heterocycles. The monoisotopic (exact) mass is 174 g/mol. The highest BCUT2D eigenvalue weighted by Gasteiger charge is 2.04. The van der Waals surface area contributed by atoms with Crippen LogP contribution in [0.4, 0.5) is 0 Å². The van der Waals surface area contributed by atoms with Crippen molar-refractivity contribution in [2.24, 2.45) is 0 Å². The van der Waals surface area contributed by atoms with Crippen molar-refractivity contribution >= 4 is 10.9 Å². The Balaban J connectivity index is 2.80. The largest absolute Gasteiger partial charge is 0.277 e. The van der Waals surface area contributed by atoms with Crippen molar-refractivity contribution in [1.82, 2.24) is 10.2 Å². The number of hydrogen-bond donors (Lipinski definition) is 1. The minimum atomic E-state index is 1.08. The van der Waals surface area contributed by atoms with E-state index in [-0.39, 0.29) is 0 Å². The van der Waals surface area contributed by atoms with Crippen LogP contribution in [0.2, 0.25) is 0 Å². The zero-order chi connectivity index (χ0) is 9.42. The van der Waals surface area contributed by atoms with Gasteiger partial charge in [0.15, 0.2) is 0 Å². The van der Waals surface area contributed by atoms with Gasteiger partial charge >= 0.3 is 0 Å². The molecular weight excluding hydrogens is 160 g/mol. The lowest BCUT2D eigenvalue weighted by atomic mass is 10.0. The van der Waals surface area contributed by atoms with Crippen LogP contribution in [0.1, 0.15) is 23.7 Å². The standard InChI is InChI=1S/C11H14N2/c1-4-9-5-7(2)11-10(6-9)8(3)12-13-11/h5-6H,4H2,1-3H3,(H,12,13). The maximum Gasteiger partial charge on any atom is 0.0682 e. The van der Waals surface area contributed by atoms with E-state index in [2.05, 4.69) is 36.2 Å². The molecule has 68 valence electrons. The Bertz CT molecular complexity index is 441. The zero-order valence-corrected chi connectivity index (χ0v) is 8.31. The fourth-order valence-corrected chi connectivity index (χ4v) is 1.70. The average molecular weight is 174 g/mol. The summed E-state index contributed by atoms with van der Waals surface area (Å²) in [6, 6.07) is 4.45. The van der Waals surface area contributed by atoms with E-state index in [4.69, 9.17) is 0 Å². The Morgan fingerprint density at radius 3 is 2.77 bits per heavy atom. The fourth-order valence-electron chi connectivity index (χ4n) is 1.70. The normalized spacial score (nSPS) is 11.0. The van der Waals surface area contributed by atoms with Crippen molar-refractivity contribution in [3.63, 3.8) is 0 Å². The van der Waals surface area contributed by atoms with Crippen LogP contribution in [0.5, 0.6) is 0 Å². The molecule has 2 aromatic rings. The molecule has 1 N–H and O–H groups in total. The second kappa shape index (κ2) is 2.87. The number of hydrogen-bond acceptors (Lipinski definition) is 1. The molecule has 2 rings (SSSR count). The molecular formula is C11H14N2. The van der Waals surface area contributed by atoms with Gasteiger partial charge in [-0.25, -0.2) is 0 Å². The minimum Gasteiger partial charge on any atom is -0.277 e. The summed E-state index contributed by atoms with van der Waals surface area (Å²) in [4.78, 5) is 0. The van der Waals surface area contributed by atoms with E-state index in [1.54, 1.807) is 0 Å². The second-order valence-corrected chi connectivity index (χ2v) is 3.50. The highest BCUT2D eigenvalue weighted by Crippen LogP contribution is 2.21. The lowest BCUT2D eigenvalue weighted by Crippen LogP contribution is -1.83. The summed E-state index contributed by atoms with van der Waals surface area (Å²) in [6.07, 6.45) is 1.08. The number of aryl methyl sites for hydroxylation is 3. The third-order valence-electron chi connectivity index (χ3n) is 2.53. The molecule has 0 fully saturated rings. The number of nitrogens with one attached hydrogen (secondary N) is 1. The highest BCUT2D eigenvalue weighted by atomic mass is 15.1. The maximum atomic E-state index is 4.21. The van der Waals surface area contributed by atoms with E-state index in [1.807, 2.05) is 6.92 Å². The lowest BCUT2D eigenvalue weighted by molar-refractivity contribution is 1.06. The number of fused-ring (bicyclic) bond motifs is 1. The number of rotatable bonds is 1. The molecule has 1 aromatic carbocycles. The second-order valence-electron chi connectivity index (χ2n) is 3.50. The van der Waals surface area contributed by atoms with Gasteiger partial charge in [0.05, 0.1) is 11.2 Å². The molecule has 2 nitrogen and oxygen atoms in total. The van der Waals surface area contributed by atoms with Gasteiger partial charge in [0, 0.05) is 5.39 Å². The first-order valence-corrected chi connectivity index (χ1v) is 4.66. The predicted octanol–water partition coefficient (Wildman–Crippen LogP) is 2.74. The summed E-state index contributed by atoms with van der Waals surface area (Å²) in [7, 11) is 0. The van der Waals surface area contributed by atoms with E-state index in [0.717, 1.165) is 12.1 Å². The maximum absolute atomic E-state index is 4.21. The Hall–Kier alpha value is -1.31. The number of benzene rings is 1. The molecule has 0 atom stereocenters. The number of nitrogens with zero attached hydrogens (tertiary/aromatic N) is 1. The molecule has 0 aliphatic carbocycles. The summed E-state index contributed by atoms with van der Waals surface area (Å²) in [5.41, 5.74) is 4.94. The van der Waals surface area contributed by atoms with Gasteiger partial charge < -0.3 is 0 Å². The van der Waals surface area contributed by atoms with Crippen molar-refractivity contribution in [2.75, 3.05) is 0 Å². The van der Waals surface area contributed by atoms with E-state index < -0.39 is 0 Å². The SMILES string of the molecule is CCc1cc(C)c2[nH]nc(C)c2c1. The smallest absolute Gasteiger partial charge is 0.0682 e. The molecule has 0 saturated carbocycles. The third kappa shape index (κ3) is 1.22. The third-order valence-corrected chi connectivity index (χ3v) is 2.53. The zero-order valence-electron chi connectivity index (χ0n) is 8.31. The molecule has 0 unspecified atom stereocenters. The summed E-state index contributed by atoms with van der Waals surface area (Å²) < 4.78 is 0. The minimum absolute atomic E-state index is 1.08. The summed E-state index contributed by atoms with van der Waals surface area (Å²) in [5.74, 6) is 0. The van der Waals surface area contributed by atoms with Crippen molar-refractivity contribution in [1.29, 1.82) is 0 Å². The van der Waals surface area contributed by atoms with Crippen molar-refractivity contribution in [3.8, 4) is 0 Å². The summed E-state index contributed by atoms with van der Waals surface area (Å²) in [6.45, 7) is 6.34. The average Bonchev–Trinajstić information content (AvgIpc) is 2.48. The molecule has 0 aliphatic rings. The Morgan fingerprint density at radius 1 is 1.31 bits per heavy atom. The van der Waals surface area contributed by atoms with E-state index in [0.29, 0.717) is 0 Å². The van der Waals surface area contributed by atoms with Crippen LogP contribution in [0, 0.1) is 13.8 Å². The van der Waals surface area contributed by atoms with Crippen LogP contribution >= 0.6 is 0 Å². The lowest BCUT2D eigenvalue weighted by Gasteiger charge is -2.00. The molecule has 0 amide bonds. The van der Waals surface area contributed by atoms with E-state index >= 15 is 0 Å². The Labute approximate surface area is 78.0 Å². The van der Waals surface area contributed by atoms with Gasteiger partial charge in [-0.05, 0) is 37.5 Å². The van der Waals surface area contributed by atoms with Crippen LogP contribution in [-0.4, -0.2) is 10.2 Å². The van der Waals surface area contributed by atoms with Crippen molar-refractivity contribution in [3.05, 3.63) is 29.0 Å². The van der Waals surface area contributed by atoms with Crippen LogP contribution < -0.4 is 0 Å². The van der Waals surface area contributed by atoms with Crippen molar-refractivity contribution < 1.29 is 0 Å². The van der Waals surface area contributed by atoms with Gasteiger partial charge in [-0.3, -0.25) is 5.10 Å². The first-order valence-electron chi connectivity index (χ1n) is 4.66. The number of aromatic amines is 1. The molecule has 0 radical (unpaired) electrons. The van der Waals surface area contributed by atoms with Gasteiger partial charge in [0.2, 0.25) is 0 Å². The summed E-state index contributed by atoms with van der Waals surface area (Å²) >= 11 is 0. The first-order chi connectivity index (χ1) is 6.22. The van der Waals surface area contributed by atoms with Gasteiger partial charge in [-0.15, -0.1) is 0 Å². The molecule has 13 heavy (non-hydrogen) atoms. The van der Waals surface area contributed by atoms with Crippen LogP contribution in [-0.2, 0) is 6.42 Å².